The van der Waals surface area contributed by atoms with E-state index in [1.807, 2.05) is 24.9 Å². The molecule has 5 heteroatoms. The Morgan fingerprint density at radius 3 is 2.47 bits per heavy atom. The van der Waals surface area contributed by atoms with Crippen LogP contribution in [0, 0.1) is 5.82 Å². The number of likely N-dealkylation sites (N-methyl/N-ethyl adjacent to an activating group) is 1. The van der Waals surface area contributed by atoms with E-state index >= 15 is 0 Å². The Labute approximate surface area is 114 Å². The second kappa shape index (κ2) is 6.96. The lowest BCUT2D eigenvalue weighted by atomic mass is 9.98. The Morgan fingerprint density at radius 2 is 2.00 bits per heavy atom. The van der Waals surface area contributed by atoms with Gasteiger partial charge in [0.1, 0.15) is 5.82 Å². The Morgan fingerprint density at radius 1 is 1.37 bits per heavy atom. The first-order chi connectivity index (χ1) is 8.97. The van der Waals surface area contributed by atoms with Gasteiger partial charge in [0.25, 0.3) is 0 Å². The first-order valence-electron chi connectivity index (χ1n) is 6.19. The number of rotatable bonds is 7. The zero-order chi connectivity index (χ0) is 14.5. The smallest absolute Gasteiger partial charge is 0.176 e. The number of hydrogen-bond donors (Lipinski definition) is 1. The van der Waals surface area contributed by atoms with E-state index in [4.69, 9.17) is 15.2 Å². The van der Waals surface area contributed by atoms with Gasteiger partial charge in [0.05, 0.1) is 5.54 Å². The summed E-state index contributed by atoms with van der Waals surface area (Å²) in [6.45, 7) is 2.89. The molecule has 0 saturated carbocycles. The second-order valence-corrected chi connectivity index (χ2v) is 4.85. The van der Waals surface area contributed by atoms with Crippen LogP contribution in [-0.4, -0.2) is 44.5 Å². The summed E-state index contributed by atoms with van der Waals surface area (Å²) in [4.78, 5) is 2.01. The number of halogens is 1. The average Bonchev–Trinajstić information content (AvgIpc) is 2.39. The maximum absolute atomic E-state index is 13.2. The van der Waals surface area contributed by atoms with Crippen LogP contribution in [0.4, 0.5) is 4.39 Å². The maximum Gasteiger partial charge on any atom is 0.176 e. The minimum atomic E-state index is -0.490. The van der Waals surface area contributed by atoms with Crippen LogP contribution in [0.1, 0.15) is 12.5 Å². The van der Waals surface area contributed by atoms with Crippen molar-refractivity contribution in [2.75, 3.05) is 27.8 Å². The molecule has 1 atom stereocenters. The van der Waals surface area contributed by atoms with E-state index in [-0.39, 0.29) is 5.82 Å². The minimum Gasteiger partial charge on any atom is -0.354 e. The van der Waals surface area contributed by atoms with Crippen molar-refractivity contribution < 1.29 is 13.9 Å². The fourth-order valence-electron chi connectivity index (χ4n) is 2.13. The lowest BCUT2D eigenvalue weighted by Gasteiger charge is -2.42. The van der Waals surface area contributed by atoms with Crippen molar-refractivity contribution in [1.29, 1.82) is 0 Å². The van der Waals surface area contributed by atoms with Crippen LogP contribution in [0.3, 0.4) is 0 Å². The molecule has 0 aliphatic carbocycles. The van der Waals surface area contributed by atoms with E-state index in [1.165, 1.54) is 12.1 Å². The van der Waals surface area contributed by atoms with Crippen molar-refractivity contribution in [2.24, 2.45) is 5.73 Å². The summed E-state index contributed by atoms with van der Waals surface area (Å²) >= 11 is 0. The largest absolute Gasteiger partial charge is 0.354 e. The fourth-order valence-corrected chi connectivity index (χ4v) is 2.13. The van der Waals surface area contributed by atoms with Crippen molar-refractivity contribution in [3.05, 3.63) is 35.6 Å². The van der Waals surface area contributed by atoms with Crippen molar-refractivity contribution in [2.45, 2.75) is 25.3 Å². The average molecular weight is 270 g/mol. The molecule has 108 valence electrons. The first kappa shape index (κ1) is 16.0. The number of methoxy groups -OCH3 is 2. The summed E-state index contributed by atoms with van der Waals surface area (Å²) in [5.74, 6) is -0.240. The highest BCUT2D eigenvalue weighted by molar-refractivity contribution is 5.16. The molecule has 0 bridgehead atoms. The third-order valence-corrected chi connectivity index (χ3v) is 3.53. The van der Waals surface area contributed by atoms with Gasteiger partial charge in [-0.2, -0.15) is 0 Å². The molecule has 0 radical (unpaired) electrons. The monoisotopic (exact) mass is 270 g/mol. The highest BCUT2D eigenvalue weighted by atomic mass is 19.1. The zero-order valence-electron chi connectivity index (χ0n) is 12.0. The summed E-state index contributed by atoms with van der Waals surface area (Å²) < 4.78 is 23.8. The third-order valence-electron chi connectivity index (χ3n) is 3.53. The van der Waals surface area contributed by atoms with Crippen LogP contribution in [-0.2, 0) is 16.0 Å². The van der Waals surface area contributed by atoms with Crippen LogP contribution < -0.4 is 5.73 Å². The van der Waals surface area contributed by atoms with Gasteiger partial charge in [-0.05, 0) is 31.7 Å². The van der Waals surface area contributed by atoms with Gasteiger partial charge in [0, 0.05) is 27.3 Å². The number of nitrogens with zero attached hydrogens (tertiary/aromatic N) is 1. The molecule has 1 aromatic rings. The minimum absolute atomic E-state index is 0.240. The van der Waals surface area contributed by atoms with E-state index in [1.54, 1.807) is 20.3 Å². The van der Waals surface area contributed by atoms with E-state index < -0.39 is 11.8 Å². The molecule has 19 heavy (non-hydrogen) atoms. The van der Waals surface area contributed by atoms with Crippen molar-refractivity contribution in [1.82, 2.24) is 4.90 Å². The second-order valence-electron chi connectivity index (χ2n) is 4.85. The Kier molecular flexibility index (Phi) is 5.87. The molecule has 1 rings (SSSR count). The molecular weight excluding hydrogens is 247 g/mol. The molecule has 0 saturated heterocycles. The summed E-state index contributed by atoms with van der Waals surface area (Å²) in [6, 6.07) is 6.52. The quantitative estimate of drug-likeness (QED) is 0.764. The highest BCUT2D eigenvalue weighted by Crippen LogP contribution is 2.22. The van der Waals surface area contributed by atoms with E-state index in [9.17, 15) is 4.39 Å². The normalized spacial score (nSPS) is 14.9. The molecular formula is C14H23FN2O2. The summed E-state index contributed by atoms with van der Waals surface area (Å²) in [6.07, 6.45) is -0.448. The van der Waals surface area contributed by atoms with Crippen LogP contribution in [0.15, 0.2) is 24.3 Å². The van der Waals surface area contributed by atoms with Gasteiger partial charge in [0.15, 0.2) is 6.29 Å². The predicted molar refractivity (Wildman–Crippen MR) is 73.1 cm³/mol. The molecule has 2 N–H and O–H groups in total. The summed E-state index contributed by atoms with van der Waals surface area (Å²) in [7, 11) is 5.08. The zero-order valence-corrected chi connectivity index (χ0v) is 12.0. The number of benzene rings is 1. The molecule has 0 amide bonds. The molecule has 0 heterocycles. The van der Waals surface area contributed by atoms with Crippen molar-refractivity contribution in [3.8, 4) is 0 Å². The molecule has 4 nitrogen and oxygen atoms in total. The fraction of sp³-hybridized carbons (Fsp3) is 0.571. The standard InChI is InChI=1S/C14H23FN2O2/c1-14(10-16,13(18-3)19-4)17(2)9-11-6-5-7-12(15)8-11/h5-8,13H,9-10,16H2,1-4H3. The summed E-state index contributed by atoms with van der Waals surface area (Å²) in [5, 5.41) is 0. The summed E-state index contributed by atoms with van der Waals surface area (Å²) in [5.41, 5.74) is 6.26. The molecule has 1 aromatic carbocycles. The number of nitrogens with two attached hydrogens (primary N) is 1. The van der Waals surface area contributed by atoms with Crippen LogP contribution >= 0.6 is 0 Å². The maximum atomic E-state index is 13.2. The first-order valence-corrected chi connectivity index (χ1v) is 6.19. The number of hydrogen-bond acceptors (Lipinski definition) is 4. The van der Waals surface area contributed by atoms with Gasteiger partial charge in [0.2, 0.25) is 0 Å². The van der Waals surface area contributed by atoms with Crippen LogP contribution in [0.5, 0.6) is 0 Å². The molecule has 0 aliphatic heterocycles. The van der Waals surface area contributed by atoms with Gasteiger partial charge >= 0.3 is 0 Å². The van der Waals surface area contributed by atoms with Crippen molar-refractivity contribution >= 4 is 0 Å². The van der Waals surface area contributed by atoms with E-state index in [0.29, 0.717) is 13.1 Å². The van der Waals surface area contributed by atoms with Gasteiger partial charge in [-0.15, -0.1) is 0 Å². The Bertz CT molecular complexity index is 399. The molecule has 0 fully saturated rings. The third kappa shape index (κ3) is 3.73. The van der Waals surface area contributed by atoms with Crippen LogP contribution in [0.25, 0.3) is 0 Å². The van der Waals surface area contributed by atoms with E-state index in [2.05, 4.69) is 0 Å². The molecule has 0 aliphatic rings. The molecule has 0 spiro atoms. The van der Waals surface area contributed by atoms with Gasteiger partial charge in [-0.25, -0.2) is 4.39 Å². The lowest BCUT2D eigenvalue weighted by Crippen LogP contribution is -2.58. The van der Waals surface area contributed by atoms with Gasteiger partial charge < -0.3 is 15.2 Å². The van der Waals surface area contributed by atoms with Gasteiger partial charge in [-0.3, -0.25) is 4.90 Å². The highest BCUT2D eigenvalue weighted by Gasteiger charge is 2.37. The van der Waals surface area contributed by atoms with Crippen LogP contribution in [0.2, 0.25) is 0 Å². The molecule has 0 aromatic heterocycles. The topological polar surface area (TPSA) is 47.7 Å². The van der Waals surface area contributed by atoms with Crippen molar-refractivity contribution in [3.63, 3.8) is 0 Å². The number of ether oxygens (including phenoxy) is 2. The molecule has 1 unspecified atom stereocenters. The van der Waals surface area contributed by atoms with E-state index in [0.717, 1.165) is 5.56 Å². The SMILES string of the molecule is COC(OC)C(C)(CN)N(C)Cc1cccc(F)c1. The Balaban J connectivity index is 2.87. The predicted octanol–water partition coefficient (Wildman–Crippen LogP) is 1.59. The lowest BCUT2D eigenvalue weighted by molar-refractivity contribution is -0.178. The van der Waals surface area contributed by atoms with Gasteiger partial charge in [-0.1, -0.05) is 12.1 Å². The Hall–Kier alpha value is -1.01.